The van der Waals surface area contributed by atoms with Gasteiger partial charge in [-0.2, -0.15) is 5.10 Å². The van der Waals surface area contributed by atoms with E-state index in [1.54, 1.807) is 11.8 Å². The maximum atomic E-state index is 13.1. The predicted molar refractivity (Wildman–Crippen MR) is 96.2 cm³/mol. The monoisotopic (exact) mass is 336 g/mol. The van der Waals surface area contributed by atoms with E-state index < -0.39 is 0 Å². The van der Waals surface area contributed by atoms with Gasteiger partial charge in [-0.3, -0.25) is 9.48 Å². The zero-order chi connectivity index (χ0) is 17.6. The van der Waals surface area contributed by atoms with Crippen molar-refractivity contribution in [1.29, 1.82) is 0 Å². The van der Waals surface area contributed by atoms with Crippen molar-refractivity contribution in [3.05, 3.63) is 46.8 Å². The molecular formula is C19H20N4O2. The average Bonchev–Trinajstić information content (AvgIpc) is 3.18. The van der Waals surface area contributed by atoms with E-state index in [1.807, 2.05) is 38.2 Å². The van der Waals surface area contributed by atoms with E-state index in [4.69, 9.17) is 9.72 Å². The summed E-state index contributed by atoms with van der Waals surface area (Å²) in [5.74, 6) is 0.593. The predicted octanol–water partition coefficient (Wildman–Crippen LogP) is 3.03. The van der Waals surface area contributed by atoms with E-state index in [0.29, 0.717) is 17.0 Å². The first-order valence-corrected chi connectivity index (χ1v) is 8.39. The Labute approximate surface area is 145 Å². The lowest BCUT2D eigenvalue weighted by atomic mass is 10.0. The molecule has 0 spiro atoms. The second kappa shape index (κ2) is 5.88. The molecule has 0 aliphatic heterocycles. The largest absolute Gasteiger partial charge is 0.497 e. The SMILES string of the molecule is COc1cccc(NC(=O)c2c3c(nc4c2c(C)nn4C)CCC3)c1. The van der Waals surface area contributed by atoms with Crippen molar-refractivity contribution in [2.75, 3.05) is 12.4 Å². The third kappa shape index (κ3) is 2.54. The normalized spacial score (nSPS) is 13.1. The van der Waals surface area contributed by atoms with Crippen LogP contribution in [0.15, 0.2) is 24.3 Å². The molecule has 1 N–H and O–H groups in total. The van der Waals surface area contributed by atoms with Gasteiger partial charge in [0.2, 0.25) is 0 Å². The van der Waals surface area contributed by atoms with Crippen LogP contribution in [0.3, 0.4) is 0 Å². The molecule has 3 aromatic rings. The van der Waals surface area contributed by atoms with Crippen LogP contribution in [-0.4, -0.2) is 27.8 Å². The van der Waals surface area contributed by atoms with E-state index in [9.17, 15) is 4.79 Å². The van der Waals surface area contributed by atoms with E-state index >= 15 is 0 Å². The fourth-order valence-corrected chi connectivity index (χ4v) is 3.61. The summed E-state index contributed by atoms with van der Waals surface area (Å²) in [6.45, 7) is 1.92. The topological polar surface area (TPSA) is 69.0 Å². The van der Waals surface area contributed by atoms with Gasteiger partial charge in [0.25, 0.3) is 5.91 Å². The number of aryl methyl sites for hydroxylation is 3. The Balaban J connectivity index is 1.83. The molecule has 1 aromatic carbocycles. The van der Waals surface area contributed by atoms with Gasteiger partial charge in [0.05, 0.1) is 23.8 Å². The summed E-state index contributed by atoms with van der Waals surface area (Å²) < 4.78 is 6.99. The van der Waals surface area contributed by atoms with Crippen molar-refractivity contribution in [3.63, 3.8) is 0 Å². The molecular weight excluding hydrogens is 316 g/mol. The van der Waals surface area contributed by atoms with Crippen molar-refractivity contribution in [1.82, 2.24) is 14.8 Å². The molecule has 6 heteroatoms. The highest BCUT2D eigenvalue weighted by Gasteiger charge is 2.27. The number of methoxy groups -OCH3 is 1. The molecule has 6 nitrogen and oxygen atoms in total. The van der Waals surface area contributed by atoms with Crippen LogP contribution in [-0.2, 0) is 19.9 Å². The molecule has 0 bridgehead atoms. The number of anilines is 1. The number of carbonyl (C=O) groups excluding carboxylic acids is 1. The number of carbonyl (C=O) groups is 1. The minimum absolute atomic E-state index is 0.116. The van der Waals surface area contributed by atoms with Crippen molar-refractivity contribution < 1.29 is 9.53 Å². The van der Waals surface area contributed by atoms with Gasteiger partial charge in [0, 0.05) is 24.5 Å². The number of nitrogens with zero attached hydrogens (tertiary/aromatic N) is 3. The fraction of sp³-hybridized carbons (Fsp3) is 0.316. The third-order valence-electron chi connectivity index (χ3n) is 4.73. The average molecular weight is 336 g/mol. The molecule has 1 amide bonds. The smallest absolute Gasteiger partial charge is 0.256 e. The van der Waals surface area contributed by atoms with Crippen LogP contribution in [0.4, 0.5) is 5.69 Å². The molecule has 0 fully saturated rings. The van der Waals surface area contributed by atoms with Crippen LogP contribution >= 0.6 is 0 Å². The summed E-state index contributed by atoms with van der Waals surface area (Å²) >= 11 is 0. The van der Waals surface area contributed by atoms with Crippen LogP contribution in [0.1, 0.15) is 33.7 Å². The molecule has 0 atom stereocenters. The quantitative estimate of drug-likeness (QED) is 0.798. The maximum absolute atomic E-state index is 13.1. The van der Waals surface area contributed by atoms with Crippen molar-refractivity contribution in [3.8, 4) is 5.75 Å². The summed E-state index contributed by atoms with van der Waals surface area (Å²) in [5.41, 5.74) is 5.10. The van der Waals surface area contributed by atoms with E-state index in [-0.39, 0.29) is 5.91 Å². The van der Waals surface area contributed by atoms with Gasteiger partial charge < -0.3 is 10.1 Å². The van der Waals surface area contributed by atoms with Gasteiger partial charge >= 0.3 is 0 Å². The number of amides is 1. The second-order valence-electron chi connectivity index (χ2n) is 6.36. The van der Waals surface area contributed by atoms with Gasteiger partial charge in [-0.1, -0.05) is 6.07 Å². The van der Waals surface area contributed by atoms with Crippen molar-refractivity contribution >= 4 is 22.6 Å². The van der Waals surface area contributed by atoms with E-state index in [2.05, 4.69) is 10.4 Å². The number of ether oxygens (including phenoxy) is 1. The molecule has 2 heterocycles. The fourth-order valence-electron chi connectivity index (χ4n) is 3.61. The summed E-state index contributed by atoms with van der Waals surface area (Å²) in [6.07, 6.45) is 2.83. The van der Waals surface area contributed by atoms with Gasteiger partial charge in [0.15, 0.2) is 5.65 Å². The third-order valence-corrected chi connectivity index (χ3v) is 4.73. The Morgan fingerprint density at radius 2 is 2.16 bits per heavy atom. The van der Waals surface area contributed by atoms with E-state index in [1.165, 1.54) is 0 Å². The molecule has 128 valence electrons. The lowest BCUT2D eigenvalue weighted by Crippen LogP contribution is -2.16. The summed E-state index contributed by atoms with van der Waals surface area (Å²) in [7, 11) is 3.48. The van der Waals surface area contributed by atoms with Crippen LogP contribution in [0.2, 0.25) is 0 Å². The molecule has 0 saturated heterocycles. The summed E-state index contributed by atoms with van der Waals surface area (Å²) in [6, 6.07) is 7.38. The number of hydrogen-bond acceptors (Lipinski definition) is 4. The molecule has 0 saturated carbocycles. The Morgan fingerprint density at radius 1 is 1.32 bits per heavy atom. The maximum Gasteiger partial charge on any atom is 0.256 e. The zero-order valence-electron chi connectivity index (χ0n) is 14.6. The molecule has 4 rings (SSSR count). The van der Waals surface area contributed by atoms with Crippen LogP contribution in [0.5, 0.6) is 5.75 Å². The number of nitrogens with one attached hydrogen (secondary N) is 1. The lowest BCUT2D eigenvalue weighted by molar-refractivity contribution is 0.102. The first-order valence-electron chi connectivity index (χ1n) is 8.39. The Hall–Kier alpha value is -2.89. The Bertz CT molecular complexity index is 991. The van der Waals surface area contributed by atoms with Gasteiger partial charge in [-0.15, -0.1) is 0 Å². The van der Waals surface area contributed by atoms with Gasteiger partial charge in [-0.25, -0.2) is 4.98 Å². The second-order valence-corrected chi connectivity index (χ2v) is 6.36. The Kier molecular flexibility index (Phi) is 3.67. The van der Waals surface area contributed by atoms with Crippen LogP contribution in [0.25, 0.3) is 11.0 Å². The molecule has 25 heavy (non-hydrogen) atoms. The lowest BCUT2D eigenvalue weighted by Gasteiger charge is -2.12. The Morgan fingerprint density at radius 3 is 2.96 bits per heavy atom. The highest BCUT2D eigenvalue weighted by molar-refractivity contribution is 6.14. The molecule has 1 aliphatic rings. The number of aromatic nitrogens is 3. The highest BCUT2D eigenvalue weighted by Crippen LogP contribution is 2.32. The van der Waals surface area contributed by atoms with Gasteiger partial charge in [0.1, 0.15) is 5.75 Å². The molecule has 0 radical (unpaired) electrons. The first kappa shape index (κ1) is 15.6. The minimum Gasteiger partial charge on any atom is -0.497 e. The zero-order valence-corrected chi connectivity index (χ0v) is 14.6. The minimum atomic E-state index is -0.116. The summed E-state index contributed by atoms with van der Waals surface area (Å²) in [4.78, 5) is 17.9. The highest BCUT2D eigenvalue weighted by atomic mass is 16.5. The molecule has 0 unspecified atom stereocenters. The van der Waals surface area contributed by atoms with Crippen molar-refractivity contribution in [2.45, 2.75) is 26.2 Å². The number of benzene rings is 1. The number of hydrogen-bond donors (Lipinski definition) is 1. The number of fused-ring (bicyclic) bond motifs is 2. The van der Waals surface area contributed by atoms with Gasteiger partial charge in [-0.05, 0) is 43.9 Å². The van der Waals surface area contributed by atoms with E-state index in [0.717, 1.165) is 47.2 Å². The molecule has 2 aromatic heterocycles. The standard InChI is InChI=1S/C19H20N4O2/c1-11-16-17(19(24)20-12-6-4-7-13(10-12)25-3)14-8-5-9-15(14)21-18(16)23(2)22-11/h4,6-7,10H,5,8-9H2,1-3H3,(H,20,24). The number of pyridine rings is 1. The summed E-state index contributed by atoms with van der Waals surface area (Å²) in [5, 5.41) is 8.32. The number of rotatable bonds is 3. The van der Waals surface area contributed by atoms with Crippen LogP contribution < -0.4 is 10.1 Å². The first-order chi connectivity index (χ1) is 12.1. The molecule has 1 aliphatic carbocycles. The van der Waals surface area contributed by atoms with Crippen molar-refractivity contribution in [2.24, 2.45) is 7.05 Å². The van der Waals surface area contributed by atoms with Crippen LogP contribution in [0, 0.1) is 6.92 Å².